The number of rotatable bonds is 4. The first kappa shape index (κ1) is 15.5. The quantitative estimate of drug-likeness (QED) is 0.912. The van der Waals surface area contributed by atoms with Gasteiger partial charge in [-0.3, -0.25) is 4.72 Å². The molecule has 0 aliphatic heterocycles. The van der Waals surface area contributed by atoms with E-state index in [-0.39, 0.29) is 6.61 Å². The van der Waals surface area contributed by atoms with Crippen molar-refractivity contribution in [2.45, 2.75) is 25.3 Å². The maximum Gasteiger partial charge on any atom is 0.264 e. The first-order chi connectivity index (χ1) is 9.85. The number of aliphatic hydroxyl groups is 1. The summed E-state index contributed by atoms with van der Waals surface area (Å²) in [5, 5.41) is 8.93. The Morgan fingerprint density at radius 2 is 1.90 bits per heavy atom. The molecule has 2 aromatic rings. The molecule has 6 heteroatoms. The highest BCUT2D eigenvalue weighted by Crippen LogP contribution is 2.23. The van der Waals surface area contributed by atoms with Crippen LogP contribution in [0.4, 0.5) is 10.1 Å². The fourth-order valence-electron chi connectivity index (χ4n) is 1.92. The number of sulfonamides is 1. The van der Waals surface area contributed by atoms with E-state index in [9.17, 15) is 12.8 Å². The highest BCUT2D eigenvalue weighted by atomic mass is 32.2. The molecule has 4 nitrogen and oxygen atoms in total. The van der Waals surface area contributed by atoms with E-state index < -0.39 is 20.7 Å². The van der Waals surface area contributed by atoms with Crippen LogP contribution in [0.3, 0.4) is 0 Å². The molecule has 0 aromatic heterocycles. The van der Waals surface area contributed by atoms with Gasteiger partial charge in [0.15, 0.2) is 0 Å². The molecule has 0 spiro atoms. The molecule has 0 aliphatic carbocycles. The van der Waals surface area contributed by atoms with Gasteiger partial charge >= 0.3 is 0 Å². The molecule has 0 saturated heterocycles. The van der Waals surface area contributed by atoms with Gasteiger partial charge in [0.05, 0.1) is 12.3 Å². The van der Waals surface area contributed by atoms with Crippen LogP contribution in [0.15, 0.2) is 41.3 Å². The van der Waals surface area contributed by atoms with Crippen LogP contribution in [0.5, 0.6) is 0 Å². The zero-order valence-corrected chi connectivity index (χ0v) is 12.5. The lowest BCUT2D eigenvalue weighted by Gasteiger charge is -2.13. The molecule has 0 heterocycles. The lowest BCUT2D eigenvalue weighted by molar-refractivity contribution is 0.281. The summed E-state index contributed by atoms with van der Waals surface area (Å²) in [6.45, 7) is 3.31. The molecule has 0 radical (unpaired) electrons. The van der Waals surface area contributed by atoms with Crippen LogP contribution in [0, 0.1) is 19.7 Å². The maximum absolute atomic E-state index is 13.9. The Hall–Kier alpha value is -1.92. The van der Waals surface area contributed by atoms with Gasteiger partial charge < -0.3 is 5.11 Å². The van der Waals surface area contributed by atoms with E-state index in [2.05, 4.69) is 4.72 Å². The third-order valence-corrected chi connectivity index (χ3v) is 4.72. The van der Waals surface area contributed by atoms with E-state index in [1.54, 1.807) is 19.1 Å². The largest absolute Gasteiger partial charge is 0.392 e. The highest BCUT2D eigenvalue weighted by molar-refractivity contribution is 7.92. The number of hydrogen-bond acceptors (Lipinski definition) is 3. The minimum absolute atomic E-state index is 0.318. The molecule has 112 valence electrons. The van der Waals surface area contributed by atoms with Gasteiger partial charge in [-0.25, -0.2) is 12.8 Å². The maximum atomic E-state index is 13.9. The van der Waals surface area contributed by atoms with Crippen LogP contribution in [0.25, 0.3) is 0 Å². The first-order valence-corrected chi connectivity index (χ1v) is 7.82. The lowest BCUT2D eigenvalue weighted by Crippen LogP contribution is -2.15. The third-order valence-electron chi connectivity index (χ3n) is 3.32. The second kappa shape index (κ2) is 5.83. The van der Waals surface area contributed by atoms with Gasteiger partial charge in [0.2, 0.25) is 0 Å². The topological polar surface area (TPSA) is 66.4 Å². The fraction of sp³-hybridized carbons (Fsp3) is 0.200. The monoisotopic (exact) mass is 309 g/mol. The molecule has 2 rings (SSSR count). The van der Waals surface area contributed by atoms with Crippen molar-refractivity contribution >= 4 is 15.7 Å². The van der Waals surface area contributed by atoms with Crippen LogP contribution in [-0.2, 0) is 16.6 Å². The smallest absolute Gasteiger partial charge is 0.264 e. The summed E-state index contributed by atoms with van der Waals surface area (Å²) in [5.41, 5.74) is 2.46. The predicted octanol–water partition coefficient (Wildman–Crippen LogP) is 2.74. The number of halogens is 1. The molecule has 0 bridgehead atoms. The number of aryl methyl sites for hydroxylation is 1. The second-order valence-corrected chi connectivity index (χ2v) is 6.43. The highest BCUT2D eigenvalue weighted by Gasteiger charge is 2.20. The van der Waals surface area contributed by atoms with Gasteiger partial charge in [-0.15, -0.1) is 0 Å². The molecule has 0 atom stereocenters. The van der Waals surface area contributed by atoms with Crippen LogP contribution < -0.4 is 4.72 Å². The zero-order valence-electron chi connectivity index (χ0n) is 11.7. The minimum atomic E-state index is -4.01. The van der Waals surface area contributed by atoms with E-state index in [1.807, 2.05) is 13.0 Å². The number of nitrogens with one attached hydrogen (secondary N) is 1. The molecule has 21 heavy (non-hydrogen) atoms. The SMILES string of the molecule is Cc1cccc(NS(=O)(=O)c2ccc(CO)cc2F)c1C. The summed E-state index contributed by atoms with van der Waals surface area (Å²) >= 11 is 0. The number of aliphatic hydroxyl groups excluding tert-OH is 1. The van der Waals surface area contributed by atoms with Crippen molar-refractivity contribution in [2.24, 2.45) is 0 Å². The zero-order chi connectivity index (χ0) is 15.6. The van der Waals surface area contributed by atoms with Gasteiger partial charge in [-0.05, 0) is 48.7 Å². The van der Waals surface area contributed by atoms with Crippen LogP contribution >= 0.6 is 0 Å². The molecule has 2 N–H and O–H groups in total. The van der Waals surface area contributed by atoms with Gasteiger partial charge in [0.1, 0.15) is 10.7 Å². The van der Waals surface area contributed by atoms with Crippen molar-refractivity contribution < 1.29 is 17.9 Å². The molecule has 0 aliphatic rings. The summed E-state index contributed by atoms with van der Waals surface area (Å²) in [6.07, 6.45) is 0. The molecular weight excluding hydrogens is 293 g/mol. The Morgan fingerprint density at radius 1 is 1.19 bits per heavy atom. The van der Waals surface area contributed by atoms with E-state index in [4.69, 9.17) is 5.11 Å². The average molecular weight is 309 g/mol. The Balaban J connectivity index is 2.41. The van der Waals surface area contributed by atoms with Gasteiger partial charge in [0.25, 0.3) is 10.0 Å². The molecular formula is C15H16FNO3S. The number of anilines is 1. The molecule has 2 aromatic carbocycles. The number of benzene rings is 2. The van der Waals surface area contributed by atoms with Gasteiger partial charge in [0, 0.05) is 0 Å². The third kappa shape index (κ3) is 3.22. The Kier molecular flexibility index (Phi) is 4.29. The van der Waals surface area contributed by atoms with E-state index in [0.717, 1.165) is 23.3 Å². The second-order valence-electron chi connectivity index (χ2n) is 4.78. The lowest BCUT2D eigenvalue weighted by atomic mass is 10.1. The predicted molar refractivity (Wildman–Crippen MR) is 79.0 cm³/mol. The van der Waals surface area contributed by atoms with E-state index in [0.29, 0.717) is 11.3 Å². The summed E-state index contributed by atoms with van der Waals surface area (Å²) in [5.74, 6) is -0.889. The first-order valence-electron chi connectivity index (χ1n) is 6.33. The van der Waals surface area contributed by atoms with Crippen molar-refractivity contribution in [1.82, 2.24) is 0 Å². The summed E-state index contributed by atoms with van der Waals surface area (Å²) < 4.78 is 40.8. The van der Waals surface area contributed by atoms with Crippen molar-refractivity contribution in [2.75, 3.05) is 4.72 Å². The summed E-state index contributed by atoms with van der Waals surface area (Å²) in [7, 11) is -4.01. The van der Waals surface area contributed by atoms with Gasteiger partial charge in [-0.2, -0.15) is 0 Å². The van der Waals surface area contributed by atoms with Crippen molar-refractivity contribution in [1.29, 1.82) is 0 Å². The van der Waals surface area contributed by atoms with Crippen molar-refractivity contribution in [3.63, 3.8) is 0 Å². The molecule has 0 saturated carbocycles. The molecule has 0 fully saturated rings. The average Bonchev–Trinajstić information content (AvgIpc) is 2.43. The van der Waals surface area contributed by atoms with E-state index in [1.165, 1.54) is 6.07 Å². The van der Waals surface area contributed by atoms with E-state index >= 15 is 0 Å². The number of hydrogen-bond donors (Lipinski definition) is 2. The fourth-order valence-corrected chi connectivity index (χ4v) is 3.11. The Morgan fingerprint density at radius 3 is 2.52 bits per heavy atom. The van der Waals surface area contributed by atoms with Crippen LogP contribution in [0.1, 0.15) is 16.7 Å². The van der Waals surface area contributed by atoms with Gasteiger partial charge in [-0.1, -0.05) is 18.2 Å². The minimum Gasteiger partial charge on any atom is -0.392 e. The normalized spacial score (nSPS) is 11.4. The summed E-state index contributed by atoms with van der Waals surface area (Å²) in [6, 6.07) is 8.75. The molecule has 0 amide bonds. The van der Waals surface area contributed by atoms with Crippen molar-refractivity contribution in [3.8, 4) is 0 Å². The Bertz CT molecular complexity index is 772. The van der Waals surface area contributed by atoms with Crippen molar-refractivity contribution in [3.05, 3.63) is 58.9 Å². The van der Waals surface area contributed by atoms with Crippen LogP contribution in [-0.4, -0.2) is 13.5 Å². The molecule has 0 unspecified atom stereocenters. The standard InChI is InChI=1S/C15H16FNO3S/c1-10-4-3-5-14(11(10)2)17-21(19,20)15-7-6-12(9-18)8-13(15)16/h3-8,17-18H,9H2,1-2H3. The summed E-state index contributed by atoms with van der Waals surface area (Å²) in [4.78, 5) is -0.444. The Labute approximate surface area is 123 Å². The van der Waals surface area contributed by atoms with Crippen LogP contribution in [0.2, 0.25) is 0 Å².